The van der Waals surface area contributed by atoms with Gasteiger partial charge in [-0.25, -0.2) is 0 Å². The lowest BCUT2D eigenvalue weighted by Crippen LogP contribution is -2.29. The van der Waals surface area contributed by atoms with Gasteiger partial charge in [-0.15, -0.1) is 23.4 Å². The van der Waals surface area contributed by atoms with Crippen molar-refractivity contribution in [2.24, 2.45) is 0 Å². The molecule has 1 atom stereocenters. The fraction of sp³-hybridized carbons (Fsp3) is 0.417. The van der Waals surface area contributed by atoms with E-state index in [1.807, 2.05) is 23.1 Å². The van der Waals surface area contributed by atoms with Crippen molar-refractivity contribution < 1.29 is 4.79 Å². The fourth-order valence-electron chi connectivity index (χ4n) is 1.82. The van der Waals surface area contributed by atoms with Gasteiger partial charge in [-0.2, -0.15) is 0 Å². The number of carbonyl (C=O) groups is 1. The van der Waals surface area contributed by atoms with E-state index < -0.39 is 0 Å². The zero-order valence-corrected chi connectivity index (χ0v) is 10.5. The van der Waals surface area contributed by atoms with E-state index >= 15 is 0 Å². The summed E-state index contributed by atoms with van der Waals surface area (Å²) >= 11 is 7.37. The van der Waals surface area contributed by atoms with Crippen molar-refractivity contribution in [1.82, 2.24) is 4.90 Å². The smallest absolute Gasteiger partial charge is 0.233 e. The number of benzene rings is 1. The average Bonchev–Trinajstić information content (AvgIpc) is 2.69. The largest absolute Gasteiger partial charge is 0.326 e. The second kappa shape index (κ2) is 5.60. The normalized spacial score (nSPS) is 20.4. The zero-order valence-electron chi connectivity index (χ0n) is 8.93. The van der Waals surface area contributed by atoms with Gasteiger partial charge in [-0.3, -0.25) is 4.79 Å². The minimum Gasteiger partial charge on any atom is -0.326 e. The maximum Gasteiger partial charge on any atom is 0.233 e. The summed E-state index contributed by atoms with van der Waals surface area (Å²) < 4.78 is 0. The first-order valence-corrected chi connectivity index (χ1v) is 6.93. The second-order valence-electron chi connectivity index (χ2n) is 3.70. The lowest BCUT2D eigenvalue weighted by Gasteiger charge is -2.23. The summed E-state index contributed by atoms with van der Waals surface area (Å²) in [6.45, 7) is 0.759. The van der Waals surface area contributed by atoms with E-state index in [1.165, 1.54) is 5.56 Å². The number of thioether (sulfide) groups is 1. The van der Waals surface area contributed by atoms with Crippen molar-refractivity contribution >= 4 is 29.3 Å². The molecule has 0 radical (unpaired) electrons. The van der Waals surface area contributed by atoms with E-state index in [9.17, 15) is 4.79 Å². The van der Waals surface area contributed by atoms with Gasteiger partial charge in [-0.05, 0) is 12.0 Å². The first kappa shape index (κ1) is 11.8. The minimum atomic E-state index is 0.178. The summed E-state index contributed by atoms with van der Waals surface area (Å²) in [4.78, 5) is 13.7. The Balaban J connectivity index is 2.11. The lowest BCUT2D eigenvalue weighted by molar-refractivity contribution is -0.128. The molecule has 1 amide bonds. The molecular weight excluding hydrogens is 242 g/mol. The van der Waals surface area contributed by atoms with Crippen LogP contribution in [-0.2, 0) is 4.79 Å². The van der Waals surface area contributed by atoms with Crippen LogP contribution in [0.25, 0.3) is 0 Å². The molecule has 86 valence electrons. The third-order valence-corrected chi connectivity index (χ3v) is 4.11. The van der Waals surface area contributed by atoms with Gasteiger partial charge in [0, 0.05) is 12.4 Å². The monoisotopic (exact) mass is 255 g/mol. The van der Waals surface area contributed by atoms with Crippen molar-refractivity contribution in [3.05, 3.63) is 35.9 Å². The Morgan fingerprint density at radius 3 is 2.81 bits per heavy atom. The van der Waals surface area contributed by atoms with Gasteiger partial charge in [0.05, 0.1) is 5.75 Å². The van der Waals surface area contributed by atoms with Gasteiger partial charge < -0.3 is 4.90 Å². The van der Waals surface area contributed by atoms with Crippen LogP contribution in [0.5, 0.6) is 0 Å². The molecule has 1 saturated heterocycles. The highest BCUT2D eigenvalue weighted by atomic mass is 35.5. The summed E-state index contributed by atoms with van der Waals surface area (Å²) in [7, 11) is 0. The summed E-state index contributed by atoms with van der Waals surface area (Å²) in [6, 6.07) is 10.2. The van der Waals surface area contributed by atoms with Gasteiger partial charge >= 0.3 is 0 Å². The molecule has 1 aliphatic rings. The molecule has 16 heavy (non-hydrogen) atoms. The van der Waals surface area contributed by atoms with E-state index in [-0.39, 0.29) is 11.3 Å². The maximum absolute atomic E-state index is 11.7. The van der Waals surface area contributed by atoms with Crippen LogP contribution in [-0.4, -0.2) is 29.0 Å². The second-order valence-corrected chi connectivity index (χ2v) is 5.15. The SMILES string of the molecule is O=C1CSC(c2ccccc2)N1CCCCl. The number of nitrogens with zero attached hydrogens (tertiary/aromatic N) is 1. The highest BCUT2D eigenvalue weighted by molar-refractivity contribution is 8.00. The number of alkyl halides is 1. The summed E-state index contributed by atoms with van der Waals surface area (Å²) in [5.41, 5.74) is 1.20. The lowest BCUT2D eigenvalue weighted by atomic mass is 10.2. The molecule has 0 aromatic heterocycles. The van der Waals surface area contributed by atoms with E-state index in [0.29, 0.717) is 11.6 Å². The topological polar surface area (TPSA) is 20.3 Å². The Kier molecular flexibility index (Phi) is 4.13. The first-order chi connectivity index (χ1) is 7.83. The molecule has 0 bridgehead atoms. The molecule has 1 fully saturated rings. The van der Waals surface area contributed by atoms with Crippen molar-refractivity contribution in [3.8, 4) is 0 Å². The average molecular weight is 256 g/mol. The fourth-order valence-corrected chi connectivity index (χ4v) is 3.16. The van der Waals surface area contributed by atoms with Crippen LogP contribution in [0.4, 0.5) is 0 Å². The Morgan fingerprint density at radius 2 is 2.12 bits per heavy atom. The Hall–Kier alpha value is -0.670. The molecule has 1 aromatic carbocycles. The quantitative estimate of drug-likeness (QED) is 0.771. The number of carbonyl (C=O) groups excluding carboxylic acids is 1. The Labute approximate surface area is 105 Å². The Bertz CT molecular complexity index is 357. The molecule has 0 aliphatic carbocycles. The van der Waals surface area contributed by atoms with Gasteiger partial charge in [-0.1, -0.05) is 30.3 Å². The van der Waals surface area contributed by atoms with E-state index in [0.717, 1.165) is 13.0 Å². The summed E-state index contributed by atoms with van der Waals surface area (Å²) in [6.07, 6.45) is 0.858. The van der Waals surface area contributed by atoms with Gasteiger partial charge in [0.1, 0.15) is 5.37 Å². The standard InChI is InChI=1S/C12H14ClNOS/c13-7-4-8-14-11(15)9-16-12(14)10-5-2-1-3-6-10/h1-3,5-6,12H,4,7-9H2. The maximum atomic E-state index is 11.7. The van der Waals surface area contributed by atoms with Crippen molar-refractivity contribution in [2.45, 2.75) is 11.8 Å². The van der Waals surface area contributed by atoms with Crippen LogP contribution in [0.2, 0.25) is 0 Å². The van der Waals surface area contributed by atoms with E-state index in [1.54, 1.807) is 11.8 Å². The van der Waals surface area contributed by atoms with E-state index in [4.69, 9.17) is 11.6 Å². The van der Waals surface area contributed by atoms with Crippen molar-refractivity contribution in [2.75, 3.05) is 18.2 Å². The third-order valence-electron chi connectivity index (χ3n) is 2.59. The molecule has 1 aromatic rings. The molecule has 1 aliphatic heterocycles. The van der Waals surface area contributed by atoms with Crippen LogP contribution >= 0.6 is 23.4 Å². The number of hydrogen-bond acceptors (Lipinski definition) is 2. The van der Waals surface area contributed by atoms with Gasteiger partial charge in [0.25, 0.3) is 0 Å². The van der Waals surface area contributed by atoms with Crippen LogP contribution in [0, 0.1) is 0 Å². The Morgan fingerprint density at radius 1 is 1.38 bits per heavy atom. The molecule has 1 unspecified atom stereocenters. The third kappa shape index (κ3) is 2.53. The highest BCUT2D eigenvalue weighted by Crippen LogP contribution is 2.38. The molecule has 2 nitrogen and oxygen atoms in total. The molecule has 0 N–H and O–H groups in total. The highest BCUT2D eigenvalue weighted by Gasteiger charge is 2.31. The summed E-state index contributed by atoms with van der Waals surface area (Å²) in [5.74, 6) is 1.42. The number of halogens is 1. The minimum absolute atomic E-state index is 0.178. The predicted octanol–water partition coefficient (Wildman–Crippen LogP) is 2.89. The van der Waals surface area contributed by atoms with Crippen molar-refractivity contribution in [3.63, 3.8) is 0 Å². The predicted molar refractivity (Wildman–Crippen MR) is 68.7 cm³/mol. The number of rotatable bonds is 4. The first-order valence-electron chi connectivity index (χ1n) is 5.35. The van der Waals surface area contributed by atoms with Crippen LogP contribution in [0.15, 0.2) is 30.3 Å². The van der Waals surface area contributed by atoms with E-state index in [2.05, 4.69) is 12.1 Å². The molecule has 4 heteroatoms. The zero-order chi connectivity index (χ0) is 11.4. The molecule has 0 saturated carbocycles. The number of amides is 1. The summed E-state index contributed by atoms with van der Waals surface area (Å²) in [5, 5.41) is 0.178. The molecular formula is C12H14ClNOS. The molecule has 2 rings (SSSR count). The van der Waals surface area contributed by atoms with Gasteiger partial charge in [0.2, 0.25) is 5.91 Å². The molecule has 0 spiro atoms. The molecule has 1 heterocycles. The number of hydrogen-bond donors (Lipinski definition) is 0. The van der Waals surface area contributed by atoms with Crippen LogP contribution in [0.3, 0.4) is 0 Å². The van der Waals surface area contributed by atoms with Crippen LogP contribution in [0.1, 0.15) is 17.4 Å². The van der Waals surface area contributed by atoms with Crippen molar-refractivity contribution in [1.29, 1.82) is 0 Å². The van der Waals surface area contributed by atoms with Gasteiger partial charge in [0.15, 0.2) is 0 Å². The van der Waals surface area contributed by atoms with Crippen LogP contribution < -0.4 is 0 Å².